The molecule has 0 fully saturated rings. The minimum Gasteiger partial charge on any atom is -0.504 e. The summed E-state index contributed by atoms with van der Waals surface area (Å²) >= 11 is 0. The quantitative estimate of drug-likeness (QED) is 0.0552. The number of rotatable bonds is 9. The van der Waals surface area contributed by atoms with Crippen molar-refractivity contribution in [3.8, 4) is 22.6 Å². The zero-order valence-electron chi connectivity index (χ0n) is 32.5. The standard InChI is InChI=1S/C34H26N4O14S4.4Na/c1-17-11-21(35-37-31-27-9-5-23(53(41,42)43)13-19(27)15-29(33(31)39)55(47,48)49)3-7-25(17)26-8-4-22(12-18(26)2)36-38-32-28-10-6-24(54(44,45)46)14-20(28)16-30(34(32)40)56(50,51)52;;;;/h3-16,39-40H,1-2H3,(H,41,42,43)(H,44,45,46)(H,47,48,49)(H,50,51,52);;;;. The molecule has 0 aromatic heterocycles. The molecular weight excluding hydrogens is 909 g/mol. The van der Waals surface area contributed by atoms with Crippen LogP contribution in [0.25, 0.3) is 32.7 Å². The van der Waals surface area contributed by atoms with Crippen LogP contribution in [0.2, 0.25) is 0 Å². The summed E-state index contributed by atoms with van der Waals surface area (Å²) in [4.78, 5) is -3.09. The Labute approximate surface area is 431 Å². The van der Waals surface area contributed by atoms with Crippen molar-refractivity contribution >= 4 is 203 Å². The summed E-state index contributed by atoms with van der Waals surface area (Å²) in [7, 11) is -19.4. The van der Waals surface area contributed by atoms with Gasteiger partial charge in [0.25, 0.3) is 40.5 Å². The van der Waals surface area contributed by atoms with Crippen LogP contribution in [0.3, 0.4) is 0 Å². The van der Waals surface area contributed by atoms with Gasteiger partial charge in [0.05, 0.1) is 21.2 Å². The average Bonchev–Trinajstić information content (AvgIpc) is 3.08. The molecular formula is C34H26N4Na4O14S4. The molecule has 0 saturated heterocycles. The SMILES string of the molecule is Cc1cc(N=Nc2c(O)c(S(=O)(=O)O)cc3cc(S(=O)(=O)O)ccc23)ccc1-c1ccc(N=Nc2c(O)c(S(=O)(=O)O)cc3cc(S(=O)(=O)O)ccc23)cc1C.[Na].[Na].[Na].[Na]. The van der Waals surface area contributed by atoms with E-state index in [1.807, 2.05) is 0 Å². The van der Waals surface area contributed by atoms with Crippen molar-refractivity contribution in [2.45, 2.75) is 33.4 Å². The minimum atomic E-state index is -5.02. The number of fused-ring (bicyclic) bond motifs is 2. The third-order valence-electron chi connectivity index (χ3n) is 8.44. The van der Waals surface area contributed by atoms with E-state index in [0.717, 1.165) is 47.5 Å². The first kappa shape index (κ1) is 54.4. The van der Waals surface area contributed by atoms with Gasteiger partial charge in [-0.25, -0.2) is 0 Å². The molecule has 0 unspecified atom stereocenters. The van der Waals surface area contributed by atoms with Crippen LogP contribution in [-0.4, -0.2) is 180 Å². The average molecular weight is 935 g/mol. The fourth-order valence-electron chi connectivity index (χ4n) is 5.82. The van der Waals surface area contributed by atoms with Crippen LogP contribution in [-0.2, 0) is 40.5 Å². The van der Waals surface area contributed by atoms with Crippen molar-refractivity contribution in [2.75, 3.05) is 0 Å². The van der Waals surface area contributed by atoms with Gasteiger partial charge in [0, 0.05) is 129 Å². The monoisotopic (exact) mass is 934 g/mol. The summed E-state index contributed by atoms with van der Waals surface area (Å²) < 4.78 is 133. The Kier molecular flexibility index (Phi) is 18.5. The fourth-order valence-corrected chi connectivity index (χ4v) is 8.08. The maximum absolute atomic E-state index is 12.0. The molecule has 0 spiro atoms. The summed E-state index contributed by atoms with van der Waals surface area (Å²) in [6.45, 7) is 3.52. The molecule has 0 aliphatic heterocycles. The van der Waals surface area contributed by atoms with E-state index in [1.165, 1.54) is 12.1 Å². The zero-order valence-corrected chi connectivity index (χ0v) is 43.7. The second-order valence-corrected chi connectivity index (χ2v) is 17.8. The number of phenolic OH excluding ortho intramolecular Hbond substituents is 2. The Morgan fingerprint density at radius 3 is 1.03 bits per heavy atom. The van der Waals surface area contributed by atoms with Gasteiger partial charge in [-0.3, -0.25) is 18.2 Å². The van der Waals surface area contributed by atoms with E-state index in [2.05, 4.69) is 20.5 Å². The van der Waals surface area contributed by atoms with Gasteiger partial charge < -0.3 is 10.2 Å². The summed E-state index contributed by atoms with van der Waals surface area (Å²) in [5.41, 5.74) is 2.49. The van der Waals surface area contributed by atoms with Crippen LogP contribution < -0.4 is 0 Å². The van der Waals surface area contributed by atoms with Crippen LogP contribution in [0.5, 0.6) is 11.5 Å². The van der Waals surface area contributed by atoms with Gasteiger partial charge in [-0.05, 0) is 108 Å². The first-order valence-corrected chi connectivity index (χ1v) is 21.2. The van der Waals surface area contributed by atoms with Crippen molar-refractivity contribution in [3.63, 3.8) is 0 Å². The molecule has 6 aromatic carbocycles. The molecule has 294 valence electrons. The molecule has 60 heavy (non-hydrogen) atoms. The van der Waals surface area contributed by atoms with E-state index in [-0.39, 0.29) is 151 Å². The van der Waals surface area contributed by atoms with E-state index in [0.29, 0.717) is 11.1 Å². The van der Waals surface area contributed by atoms with Crippen LogP contribution in [0.15, 0.2) is 125 Å². The normalized spacial score (nSPS) is 12.2. The molecule has 0 aliphatic carbocycles. The van der Waals surface area contributed by atoms with Crippen molar-refractivity contribution in [1.82, 2.24) is 0 Å². The molecule has 18 nitrogen and oxygen atoms in total. The number of aromatic hydroxyl groups is 2. The summed E-state index contributed by atoms with van der Waals surface area (Å²) in [6.07, 6.45) is 0. The fraction of sp³-hybridized carbons (Fsp3) is 0.0588. The Balaban J connectivity index is 0.00000310. The number of aryl methyl sites for hydroxylation is 2. The second kappa shape index (κ2) is 20.4. The first-order chi connectivity index (χ1) is 25.9. The van der Waals surface area contributed by atoms with Crippen LogP contribution in [0.1, 0.15) is 11.1 Å². The topological polar surface area (TPSA) is 307 Å². The molecule has 0 amide bonds. The summed E-state index contributed by atoms with van der Waals surface area (Å²) in [5.74, 6) is -1.91. The predicted molar refractivity (Wildman–Crippen MR) is 223 cm³/mol. The van der Waals surface area contributed by atoms with Crippen LogP contribution in [0, 0.1) is 13.8 Å². The first-order valence-electron chi connectivity index (χ1n) is 15.5. The summed E-state index contributed by atoms with van der Waals surface area (Å²) in [6, 6.07) is 17.6. The third-order valence-corrected chi connectivity index (χ3v) is 11.9. The Bertz CT molecular complexity index is 2990. The van der Waals surface area contributed by atoms with Crippen molar-refractivity contribution < 1.29 is 62.1 Å². The van der Waals surface area contributed by atoms with E-state index < -0.39 is 82.9 Å². The van der Waals surface area contributed by atoms with Gasteiger partial charge in [0.1, 0.15) is 21.2 Å². The largest absolute Gasteiger partial charge is 0.504 e. The number of azo groups is 2. The van der Waals surface area contributed by atoms with Gasteiger partial charge in [-0.2, -0.15) is 43.9 Å². The van der Waals surface area contributed by atoms with Gasteiger partial charge in [-0.1, -0.05) is 24.3 Å². The van der Waals surface area contributed by atoms with Gasteiger partial charge in [0.15, 0.2) is 11.5 Å². The molecule has 26 heteroatoms. The molecule has 0 heterocycles. The van der Waals surface area contributed by atoms with Gasteiger partial charge in [-0.15, -0.1) is 10.2 Å². The Hall–Kier alpha value is -1.72. The third kappa shape index (κ3) is 11.9. The minimum absolute atomic E-state index is 0. The van der Waals surface area contributed by atoms with Crippen molar-refractivity contribution in [1.29, 1.82) is 0 Å². The molecule has 6 rings (SSSR count). The van der Waals surface area contributed by atoms with Crippen LogP contribution in [0.4, 0.5) is 22.7 Å². The summed E-state index contributed by atoms with van der Waals surface area (Å²) in [5, 5.41) is 37.6. The number of hydrogen-bond donors (Lipinski definition) is 6. The predicted octanol–water partition coefficient (Wildman–Crippen LogP) is 5.98. The Morgan fingerprint density at radius 2 is 0.750 bits per heavy atom. The molecule has 0 atom stereocenters. The smallest absolute Gasteiger partial charge is 0.298 e. The zero-order chi connectivity index (χ0) is 41.1. The number of benzene rings is 6. The molecule has 0 saturated carbocycles. The van der Waals surface area contributed by atoms with Crippen molar-refractivity contribution in [3.05, 3.63) is 96.1 Å². The van der Waals surface area contributed by atoms with Crippen molar-refractivity contribution in [2.24, 2.45) is 20.5 Å². The van der Waals surface area contributed by atoms with E-state index in [4.69, 9.17) is 0 Å². The molecule has 0 aliphatic rings. The molecule has 6 N–H and O–H groups in total. The number of nitrogens with zero attached hydrogens (tertiary/aromatic N) is 4. The maximum atomic E-state index is 12.0. The van der Waals surface area contributed by atoms with Crippen LogP contribution >= 0.6 is 0 Å². The number of phenols is 2. The molecule has 4 radical (unpaired) electrons. The van der Waals surface area contributed by atoms with Gasteiger partial charge in [0.2, 0.25) is 0 Å². The second-order valence-electron chi connectivity index (χ2n) is 12.2. The maximum Gasteiger partial charge on any atom is 0.298 e. The van der Waals surface area contributed by atoms with Gasteiger partial charge >= 0.3 is 0 Å². The number of hydrogen-bond acceptors (Lipinski definition) is 14. The van der Waals surface area contributed by atoms with E-state index >= 15 is 0 Å². The van der Waals surface area contributed by atoms with E-state index in [1.54, 1.807) is 50.2 Å². The molecule has 6 aromatic rings. The molecule has 0 bridgehead atoms. The van der Waals surface area contributed by atoms with E-state index in [9.17, 15) is 62.1 Å². The Morgan fingerprint density at radius 1 is 0.417 bits per heavy atom.